The first-order chi connectivity index (χ1) is 11.3. The van der Waals surface area contributed by atoms with E-state index in [1.807, 2.05) is 7.05 Å². The molecule has 1 unspecified atom stereocenters. The highest BCUT2D eigenvalue weighted by molar-refractivity contribution is 14.0. The van der Waals surface area contributed by atoms with Crippen molar-refractivity contribution in [3.63, 3.8) is 0 Å². The molecule has 1 aliphatic carbocycles. The molecule has 1 aromatic rings. The number of halogens is 1. The Bertz CT molecular complexity index is 536. The van der Waals surface area contributed by atoms with Gasteiger partial charge in [0.2, 0.25) is 0 Å². The zero-order valence-electron chi connectivity index (χ0n) is 14.4. The molecule has 1 aliphatic heterocycles. The molecule has 1 atom stereocenters. The lowest BCUT2D eigenvalue weighted by Gasteiger charge is -2.26. The minimum Gasteiger partial charge on any atom is -0.355 e. The lowest BCUT2D eigenvalue weighted by atomic mass is 10.2. The Morgan fingerprint density at radius 2 is 1.96 bits per heavy atom. The van der Waals surface area contributed by atoms with Crippen LogP contribution in [-0.4, -0.2) is 43.1 Å². The number of hydrogen-bond donors (Lipinski definition) is 2. The van der Waals surface area contributed by atoms with E-state index in [2.05, 4.69) is 63.0 Å². The first kappa shape index (κ1) is 19.2. The average molecular weight is 440 g/mol. The molecule has 2 aliphatic rings. The summed E-state index contributed by atoms with van der Waals surface area (Å²) in [4.78, 5) is 6.96. The molecular weight excluding hydrogens is 411 g/mol. The first-order valence-corrected chi connectivity index (χ1v) is 8.75. The number of benzene rings is 1. The van der Waals surface area contributed by atoms with E-state index < -0.39 is 0 Å². The smallest absolute Gasteiger partial charge is 0.191 e. The van der Waals surface area contributed by atoms with Crippen LogP contribution in [-0.2, 0) is 6.54 Å². The molecule has 0 spiro atoms. The van der Waals surface area contributed by atoms with Gasteiger partial charge in [0.1, 0.15) is 0 Å². The van der Waals surface area contributed by atoms with Gasteiger partial charge in [-0.1, -0.05) is 42.5 Å². The molecule has 0 bridgehead atoms. The second-order valence-electron chi connectivity index (χ2n) is 6.49. The molecule has 1 saturated heterocycles. The van der Waals surface area contributed by atoms with Crippen LogP contribution in [0.3, 0.4) is 0 Å². The monoisotopic (exact) mass is 440 g/mol. The lowest BCUT2D eigenvalue weighted by molar-refractivity contribution is 0.245. The summed E-state index contributed by atoms with van der Waals surface area (Å²) in [6, 6.07) is 11.9. The van der Waals surface area contributed by atoms with Gasteiger partial charge in [0.05, 0.1) is 0 Å². The van der Waals surface area contributed by atoms with Crippen molar-refractivity contribution in [2.24, 2.45) is 4.99 Å². The maximum Gasteiger partial charge on any atom is 0.191 e. The predicted octanol–water partition coefficient (Wildman–Crippen LogP) is 3.15. The van der Waals surface area contributed by atoms with E-state index in [9.17, 15) is 0 Å². The Labute approximate surface area is 162 Å². The fourth-order valence-electron chi connectivity index (χ4n) is 3.49. The van der Waals surface area contributed by atoms with Crippen LogP contribution >= 0.6 is 24.0 Å². The standard InChI is InChI=1S/C19H28N4.HI/c1-20-19(22-17-10-5-6-11-17)21-14-18-12-7-13-23(18)15-16-8-3-2-4-9-16;/h2-6,8-9,17-18H,7,10-15H2,1H3,(H2,20,21,22);1H. The van der Waals surface area contributed by atoms with Crippen LogP contribution in [0.2, 0.25) is 0 Å². The van der Waals surface area contributed by atoms with Gasteiger partial charge in [-0.05, 0) is 37.8 Å². The number of rotatable bonds is 5. The van der Waals surface area contributed by atoms with Gasteiger partial charge in [-0.3, -0.25) is 9.89 Å². The number of hydrogen-bond acceptors (Lipinski definition) is 2. The van der Waals surface area contributed by atoms with Gasteiger partial charge in [0.15, 0.2) is 5.96 Å². The molecule has 3 rings (SSSR count). The fraction of sp³-hybridized carbons (Fsp3) is 0.526. The first-order valence-electron chi connectivity index (χ1n) is 8.75. The van der Waals surface area contributed by atoms with E-state index in [0.29, 0.717) is 12.1 Å². The van der Waals surface area contributed by atoms with Gasteiger partial charge in [0.25, 0.3) is 0 Å². The highest BCUT2D eigenvalue weighted by Gasteiger charge is 2.24. The Hall–Kier alpha value is -1.08. The normalized spacial score (nSPS) is 21.7. The van der Waals surface area contributed by atoms with Crippen molar-refractivity contribution in [3.8, 4) is 0 Å². The van der Waals surface area contributed by atoms with Gasteiger partial charge in [-0.25, -0.2) is 0 Å². The van der Waals surface area contributed by atoms with E-state index in [1.54, 1.807) is 0 Å². The molecule has 1 aromatic carbocycles. The van der Waals surface area contributed by atoms with Crippen molar-refractivity contribution in [3.05, 3.63) is 48.0 Å². The van der Waals surface area contributed by atoms with Crippen LogP contribution in [0.25, 0.3) is 0 Å². The van der Waals surface area contributed by atoms with Crippen LogP contribution < -0.4 is 10.6 Å². The Morgan fingerprint density at radius 1 is 1.21 bits per heavy atom. The highest BCUT2D eigenvalue weighted by atomic mass is 127. The number of aliphatic imine (C=N–C) groups is 1. The summed E-state index contributed by atoms with van der Waals surface area (Å²) < 4.78 is 0. The van der Waals surface area contributed by atoms with E-state index in [4.69, 9.17) is 0 Å². The summed E-state index contributed by atoms with van der Waals surface area (Å²) in [7, 11) is 1.86. The van der Waals surface area contributed by atoms with Gasteiger partial charge >= 0.3 is 0 Å². The summed E-state index contributed by atoms with van der Waals surface area (Å²) in [5.41, 5.74) is 1.40. The molecule has 24 heavy (non-hydrogen) atoms. The lowest BCUT2D eigenvalue weighted by Crippen LogP contribution is -2.47. The summed E-state index contributed by atoms with van der Waals surface area (Å²) >= 11 is 0. The van der Waals surface area contributed by atoms with Crippen molar-refractivity contribution >= 4 is 29.9 Å². The number of nitrogens with zero attached hydrogens (tertiary/aromatic N) is 2. The Balaban J connectivity index is 0.00000208. The van der Waals surface area contributed by atoms with Crippen LogP contribution in [0.15, 0.2) is 47.5 Å². The van der Waals surface area contributed by atoms with Crippen molar-refractivity contribution in [1.82, 2.24) is 15.5 Å². The fourth-order valence-corrected chi connectivity index (χ4v) is 3.49. The molecular formula is C19H29IN4. The van der Waals surface area contributed by atoms with Crippen molar-refractivity contribution < 1.29 is 0 Å². The minimum absolute atomic E-state index is 0. The Kier molecular flexibility index (Phi) is 8.05. The third kappa shape index (κ3) is 5.48. The maximum absolute atomic E-state index is 4.37. The highest BCUT2D eigenvalue weighted by Crippen LogP contribution is 2.19. The maximum atomic E-state index is 4.37. The molecule has 0 amide bonds. The van der Waals surface area contributed by atoms with E-state index >= 15 is 0 Å². The number of guanidine groups is 1. The third-order valence-electron chi connectivity index (χ3n) is 4.81. The molecule has 5 heteroatoms. The number of likely N-dealkylation sites (tertiary alicyclic amines) is 1. The molecule has 1 fully saturated rings. The van der Waals surface area contributed by atoms with Gasteiger partial charge in [0, 0.05) is 32.2 Å². The second-order valence-corrected chi connectivity index (χ2v) is 6.49. The predicted molar refractivity (Wildman–Crippen MR) is 112 cm³/mol. The summed E-state index contributed by atoms with van der Waals surface area (Å²) in [6.45, 7) is 3.21. The van der Waals surface area contributed by atoms with Crippen LogP contribution in [0.4, 0.5) is 0 Å². The molecule has 0 radical (unpaired) electrons. The van der Waals surface area contributed by atoms with Crippen LogP contribution in [0, 0.1) is 0 Å². The molecule has 0 aromatic heterocycles. The molecule has 1 heterocycles. The van der Waals surface area contributed by atoms with E-state index in [0.717, 1.165) is 31.9 Å². The third-order valence-corrected chi connectivity index (χ3v) is 4.81. The van der Waals surface area contributed by atoms with Crippen molar-refractivity contribution in [2.75, 3.05) is 20.1 Å². The van der Waals surface area contributed by atoms with Crippen molar-refractivity contribution in [2.45, 2.75) is 44.3 Å². The number of nitrogens with one attached hydrogen (secondary N) is 2. The largest absolute Gasteiger partial charge is 0.355 e. The van der Waals surface area contributed by atoms with E-state index in [1.165, 1.54) is 24.9 Å². The van der Waals surface area contributed by atoms with Gasteiger partial charge in [-0.2, -0.15) is 0 Å². The summed E-state index contributed by atoms with van der Waals surface area (Å²) in [5.74, 6) is 0.935. The summed E-state index contributed by atoms with van der Waals surface area (Å²) in [5, 5.41) is 7.04. The van der Waals surface area contributed by atoms with Gasteiger partial charge < -0.3 is 10.6 Å². The quantitative estimate of drug-likeness (QED) is 0.320. The SMILES string of the molecule is CN=C(NCC1CCCN1Cc1ccccc1)NC1CC=CC1.I. The van der Waals surface area contributed by atoms with Crippen LogP contribution in [0.1, 0.15) is 31.2 Å². The summed E-state index contributed by atoms with van der Waals surface area (Å²) in [6.07, 6.45) is 9.24. The molecule has 132 valence electrons. The zero-order chi connectivity index (χ0) is 15.9. The molecule has 0 saturated carbocycles. The van der Waals surface area contributed by atoms with Crippen LogP contribution in [0.5, 0.6) is 0 Å². The minimum atomic E-state index is 0. The Morgan fingerprint density at radius 3 is 2.67 bits per heavy atom. The van der Waals surface area contributed by atoms with Crippen molar-refractivity contribution in [1.29, 1.82) is 0 Å². The molecule has 4 nitrogen and oxygen atoms in total. The zero-order valence-corrected chi connectivity index (χ0v) is 16.8. The topological polar surface area (TPSA) is 39.7 Å². The molecule has 2 N–H and O–H groups in total. The second kappa shape index (κ2) is 10.0. The average Bonchev–Trinajstić information content (AvgIpc) is 3.24. The van der Waals surface area contributed by atoms with Gasteiger partial charge in [-0.15, -0.1) is 24.0 Å². The van der Waals surface area contributed by atoms with E-state index in [-0.39, 0.29) is 24.0 Å².